The molecule has 0 radical (unpaired) electrons. The summed E-state index contributed by atoms with van der Waals surface area (Å²) in [5.41, 5.74) is 0. The first-order valence-corrected chi connectivity index (χ1v) is 7.12. The predicted octanol–water partition coefficient (Wildman–Crippen LogP) is 2.27. The van der Waals surface area contributed by atoms with Gasteiger partial charge in [-0.25, -0.2) is 0 Å². The zero-order valence-corrected chi connectivity index (χ0v) is 13.7. The molecule has 0 atom stereocenters. The molecule has 0 aromatic rings. The van der Waals surface area contributed by atoms with Crippen molar-refractivity contribution in [1.82, 2.24) is 10.2 Å². The molecular weight excluding hydrogens is 333 g/mol. The summed E-state index contributed by atoms with van der Waals surface area (Å²) < 4.78 is 0. The summed E-state index contributed by atoms with van der Waals surface area (Å²) >= 11 is 1.87. The summed E-state index contributed by atoms with van der Waals surface area (Å²) in [6, 6.07) is 0. The molecule has 1 aliphatic rings. The van der Waals surface area contributed by atoms with Gasteiger partial charge in [-0.3, -0.25) is 4.99 Å². The van der Waals surface area contributed by atoms with Crippen LogP contribution in [-0.2, 0) is 0 Å². The summed E-state index contributed by atoms with van der Waals surface area (Å²) in [5, 5.41) is 3.41. The number of likely N-dealkylation sites (tertiary alicyclic amines) is 1. The van der Waals surface area contributed by atoms with Gasteiger partial charge in [0.15, 0.2) is 5.96 Å². The molecule has 16 heavy (non-hydrogen) atoms. The Bertz CT molecular complexity index is 203. The molecule has 0 bridgehead atoms. The van der Waals surface area contributed by atoms with Crippen molar-refractivity contribution in [2.24, 2.45) is 10.9 Å². The predicted molar refractivity (Wildman–Crippen MR) is 85.1 cm³/mol. The minimum absolute atomic E-state index is 0. The van der Waals surface area contributed by atoms with Gasteiger partial charge in [0.2, 0.25) is 0 Å². The van der Waals surface area contributed by atoms with Crippen LogP contribution in [0, 0.1) is 5.92 Å². The Morgan fingerprint density at radius 2 is 2.06 bits per heavy atom. The number of aliphatic imine (C=N–C) groups is 1. The van der Waals surface area contributed by atoms with Crippen molar-refractivity contribution in [2.45, 2.75) is 19.8 Å². The van der Waals surface area contributed by atoms with Crippen LogP contribution in [-0.4, -0.2) is 49.6 Å². The smallest absolute Gasteiger partial charge is 0.193 e. The number of hydrogen-bond acceptors (Lipinski definition) is 2. The number of hydrogen-bond donors (Lipinski definition) is 1. The molecule has 5 heteroatoms. The van der Waals surface area contributed by atoms with Gasteiger partial charge in [0, 0.05) is 32.4 Å². The van der Waals surface area contributed by atoms with E-state index in [0.29, 0.717) is 0 Å². The number of rotatable bonds is 3. The summed E-state index contributed by atoms with van der Waals surface area (Å²) in [6.45, 7) is 5.65. The average molecular weight is 357 g/mol. The quantitative estimate of drug-likeness (QED) is 0.364. The highest BCUT2D eigenvalue weighted by molar-refractivity contribution is 14.0. The largest absolute Gasteiger partial charge is 0.355 e. The summed E-state index contributed by atoms with van der Waals surface area (Å²) in [4.78, 5) is 6.71. The highest BCUT2D eigenvalue weighted by Crippen LogP contribution is 2.15. The van der Waals surface area contributed by atoms with E-state index in [0.717, 1.165) is 37.3 Å². The van der Waals surface area contributed by atoms with Gasteiger partial charge in [0.1, 0.15) is 0 Å². The van der Waals surface area contributed by atoms with E-state index < -0.39 is 0 Å². The second-order valence-electron chi connectivity index (χ2n) is 4.14. The zero-order valence-electron chi connectivity index (χ0n) is 10.5. The number of nitrogens with zero attached hydrogens (tertiary/aromatic N) is 2. The molecule has 1 heterocycles. The van der Waals surface area contributed by atoms with E-state index in [9.17, 15) is 0 Å². The molecule has 0 saturated carbocycles. The average Bonchev–Trinajstić information content (AvgIpc) is 2.26. The molecule has 1 saturated heterocycles. The van der Waals surface area contributed by atoms with Crippen LogP contribution in [0.15, 0.2) is 4.99 Å². The van der Waals surface area contributed by atoms with Crippen LogP contribution in [0.3, 0.4) is 0 Å². The Kier molecular flexibility index (Phi) is 9.59. The maximum Gasteiger partial charge on any atom is 0.193 e. The molecule has 0 aliphatic carbocycles. The van der Waals surface area contributed by atoms with E-state index in [4.69, 9.17) is 0 Å². The first-order chi connectivity index (χ1) is 7.27. The van der Waals surface area contributed by atoms with Crippen molar-refractivity contribution in [2.75, 3.05) is 38.7 Å². The Labute approximate surface area is 121 Å². The molecule has 0 aromatic carbocycles. The lowest BCUT2D eigenvalue weighted by Crippen LogP contribution is -2.45. The van der Waals surface area contributed by atoms with Gasteiger partial charge >= 0.3 is 0 Å². The second kappa shape index (κ2) is 9.39. The van der Waals surface area contributed by atoms with E-state index in [1.807, 2.05) is 18.8 Å². The maximum atomic E-state index is 4.33. The maximum absolute atomic E-state index is 4.33. The van der Waals surface area contributed by atoms with Crippen molar-refractivity contribution >= 4 is 41.7 Å². The molecule has 1 fully saturated rings. The molecule has 96 valence electrons. The van der Waals surface area contributed by atoms with Gasteiger partial charge in [0.25, 0.3) is 0 Å². The van der Waals surface area contributed by atoms with Gasteiger partial charge < -0.3 is 10.2 Å². The molecule has 0 amide bonds. The minimum atomic E-state index is 0. The fourth-order valence-electron chi connectivity index (χ4n) is 1.82. The highest BCUT2D eigenvalue weighted by atomic mass is 127. The Balaban J connectivity index is 0.00000225. The van der Waals surface area contributed by atoms with Gasteiger partial charge in [-0.1, -0.05) is 6.92 Å². The van der Waals surface area contributed by atoms with Crippen LogP contribution in [0.1, 0.15) is 19.8 Å². The van der Waals surface area contributed by atoms with Crippen molar-refractivity contribution in [3.63, 3.8) is 0 Å². The topological polar surface area (TPSA) is 27.6 Å². The molecule has 3 nitrogen and oxygen atoms in total. The van der Waals surface area contributed by atoms with Crippen molar-refractivity contribution in [3.8, 4) is 0 Å². The lowest BCUT2D eigenvalue weighted by atomic mass is 10.00. The molecule has 1 N–H and O–H groups in total. The number of guanidine groups is 1. The lowest BCUT2D eigenvalue weighted by molar-refractivity contribution is 0.274. The summed E-state index contributed by atoms with van der Waals surface area (Å²) in [6.07, 6.45) is 4.72. The van der Waals surface area contributed by atoms with Crippen molar-refractivity contribution in [3.05, 3.63) is 0 Å². The lowest BCUT2D eigenvalue weighted by Gasteiger charge is -2.32. The first-order valence-electron chi connectivity index (χ1n) is 5.72. The van der Waals surface area contributed by atoms with Gasteiger partial charge in [-0.2, -0.15) is 11.8 Å². The van der Waals surface area contributed by atoms with Gasteiger partial charge in [-0.15, -0.1) is 24.0 Å². The minimum Gasteiger partial charge on any atom is -0.355 e. The third-order valence-electron chi connectivity index (χ3n) is 2.88. The number of piperidine rings is 1. The van der Waals surface area contributed by atoms with Crippen LogP contribution in [0.2, 0.25) is 0 Å². The van der Waals surface area contributed by atoms with Crippen LogP contribution in [0.5, 0.6) is 0 Å². The first kappa shape index (κ1) is 16.4. The molecule has 0 unspecified atom stereocenters. The Hall–Kier alpha value is 0.350. The van der Waals surface area contributed by atoms with Gasteiger partial charge in [0.05, 0.1) is 0 Å². The molecule has 0 spiro atoms. The van der Waals surface area contributed by atoms with Crippen LogP contribution in [0.4, 0.5) is 0 Å². The zero-order chi connectivity index (χ0) is 11.1. The molecule has 1 aliphatic heterocycles. The molecule has 1 rings (SSSR count). The summed E-state index contributed by atoms with van der Waals surface area (Å²) in [7, 11) is 1.87. The SMILES string of the molecule is CN=C(NCCSC)N1CCC(C)CC1.I. The summed E-state index contributed by atoms with van der Waals surface area (Å²) in [5.74, 6) is 3.10. The third kappa shape index (κ3) is 5.61. The fourth-order valence-corrected chi connectivity index (χ4v) is 2.12. The second-order valence-corrected chi connectivity index (χ2v) is 5.12. The van der Waals surface area contributed by atoms with Gasteiger partial charge in [-0.05, 0) is 25.0 Å². The fraction of sp³-hybridized carbons (Fsp3) is 0.909. The monoisotopic (exact) mass is 357 g/mol. The van der Waals surface area contributed by atoms with E-state index in [2.05, 4.69) is 28.4 Å². The van der Waals surface area contributed by atoms with E-state index >= 15 is 0 Å². The molecule has 0 aromatic heterocycles. The number of thioether (sulfide) groups is 1. The number of nitrogens with one attached hydrogen (secondary N) is 1. The molecular formula is C11H24IN3S. The number of halogens is 1. The van der Waals surface area contributed by atoms with Crippen LogP contribution < -0.4 is 5.32 Å². The van der Waals surface area contributed by atoms with Crippen molar-refractivity contribution in [1.29, 1.82) is 0 Å². The van der Waals surface area contributed by atoms with E-state index in [1.165, 1.54) is 12.8 Å². The standard InChI is InChI=1S/C11H23N3S.HI/c1-10-4-7-14(8-5-10)11(12-2)13-6-9-15-3;/h10H,4-9H2,1-3H3,(H,12,13);1H. The normalized spacial score (nSPS) is 18.2. The third-order valence-corrected chi connectivity index (χ3v) is 3.50. The van der Waals surface area contributed by atoms with E-state index in [-0.39, 0.29) is 24.0 Å². The Morgan fingerprint density at radius 3 is 2.56 bits per heavy atom. The highest BCUT2D eigenvalue weighted by Gasteiger charge is 2.17. The van der Waals surface area contributed by atoms with Crippen LogP contribution >= 0.6 is 35.7 Å². The van der Waals surface area contributed by atoms with Crippen LogP contribution in [0.25, 0.3) is 0 Å². The Morgan fingerprint density at radius 1 is 1.44 bits per heavy atom. The van der Waals surface area contributed by atoms with Crippen molar-refractivity contribution < 1.29 is 0 Å². The van der Waals surface area contributed by atoms with E-state index in [1.54, 1.807) is 0 Å².